The van der Waals surface area contributed by atoms with Gasteiger partial charge >= 0.3 is 6.18 Å². The van der Waals surface area contributed by atoms with E-state index >= 15 is 0 Å². The fraction of sp³-hybridized carbons (Fsp3) is 0.647. The molecule has 5 heteroatoms. The van der Waals surface area contributed by atoms with Crippen LogP contribution >= 0.6 is 0 Å². The topological polar surface area (TPSA) is 0 Å². The highest BCUT2D eigenvalue weighted by atomic mass is 19.4. The molecule has 1 aliphatic rings. The summed E-state index contributed by atoms with van der Waals surface area (Å²) in [6.45, 7) is 3.00. The minimum absolute atomic E-state index is 0.100. The molecule has 0 spiro atoms. The quantitative estimate of drug-likeness (QED) is 0.630. The highest BCUT2D eigenvalue weighted by Gasteiger charge is 2.35. The fourth-order valence-electron chi connectivity index (χ4n) is 3.13. The molecule has 0 saturated heterocycles. The summed E-state index contributed by atoms with van der Waals surface area (Å²) in [5, 5.41) is 0. The highest BCUT2D eigenvalue weighted by Crippen LogP contribution is 2.36. The van der Waals surface area contributed by atoms with Gasteiger partial charge in [-0.1, -0.05) is 19.1 Å². The molecule has 1 aromatic carbocycles. The van der Waals surface area contributed by atoms with Crippen molar-refractivity contribution in [3.05, 3.63) is 34.9 Å². The van der Waals surface area contributed by atoms with Gasteiger partial charge in [0.2, 0.25) is 0 Å². The van der Waals surface area contributed by atoms with E-state index in [0.717, 1.165) is 6.07 Å². The molecule has 0 nitrogen and oxygen atoms in total. The van der Waals surface area contributed by atoms with E-state index in [1.807, 2.05) is 0 Å². The Morgan fingerprint density at radius 2 is 1.68 bits per heavy atom. The van der Waals surface area contributed by atoms with Crippen LogP contribution in [0.4, 0.5) is 22.0 Å². The molecular weight excluding hydrogens is 299 g/mol. The lowest BCUT2D eigenvalue weighted by Crippen LogP contribution is -2.33. The molecule has 0 amide bonds. The molecule has 0 aliphatic heterocycles. The molecule has 0 aromatic heterocycles. The number of aryl methyl sites for hydroxylation is 2. The third kappa shape index (κ3) is 3.99. The summed E-state index contributed by atoms with van der Waals surface area (Å²) < 4.78 is 66.0. The van der Waals surface area contributed by atoms with Crippen LogP contribution in [0, 0.1) is 18.8 Å². The molecule has 1 aromatic rings. The zero-order chi connectivity index (χ0) is 16.5. The lowest BCUT2D eigenvalue weighted by molar-refractivity contribution is -0.138. The molecule has 1 saturated carbocycles. The molecule has 22 heavy (non-hydrogen) atoms. The molecule has 0 bridgehead atoms. The first-order valence-corrected chi connectivity index (χ1v) is 7.63. The van der Waals surface area contributed by atoms with Crippen molar-refractivity contribution in [1.82, 2.24) is 0 Å². The Hall–Kier alpha value is -1.13. The normalized spacial score (nSPS) is 29.6. The predicted molar refractivity (Wildman–Crippen MR) is 76.2 cm³/mol. The predicted octanol–water partition coefficient (Wildman–Crippen LogP) is 5.67. The van der Waals surface area contributed by atoms with Crippen LogP contribution in [0.15, 0.2) is 18.2 Å². The van der Waals surface area contributed by atoms with E-state index in [1.165, 1.54) is 13.0 Å². The third-order valence-electron chi connectivity index (χ3n) is 4.71. The summed E-state index contributed by atoms with van der Waals surface area (Å²) in [7, 11) is 0. The molecule has 1 fully saturated rings. The zero-order valence-electron chi connectivity index (χ0n) is 12.8. The first kappa shape index (κ1) is 17.2. The number of alkyl halides is 5. The van der Waals surface area contributed by atoms with E-state index in [-0.39, 0.29) is 11.5 Å². The first-order valence-electron chi connectivity index (χ1n) is 7.63. The number of hydrogen-bond acceptors (Lipinski definition) is 0. The third-order valence-corrected chi connectivity index (χ3v) is 4.71. The summed E-state index contributed by atoms with van der Waals surface area (Å²) in [6, 6.07) is 4.27. The fourth-order valence-corrected chi connectivity index (χ4v) is 3.13. The van der Waals surface area contributed by atoms with Gasteiger partial charge in [-0.3, -0.25) is 0 Å². The van der Waals surface area contributed by atoms with E-state index in [9.17, 15) is 22.0 Å². The Kier molecular flexibility index (Phi) is 5.13. The number of benzene rings is 1. The summed E-state index contributed by atoms with van der Waals surface area (Å²) >= 11 is 0. The number of rotatable bonds is 3. The second kappa shape index (κ2) is 6.55. The van der Waals surface area contributed by atoms with Crippen LogP contribution in [0.3, 0.4) is 0 Å². The van der Waals surface area contributed by atoms with Crippen molar-refractivity contribution in [2.45, 2.75) is 58.1 Å². The maximum atomic E-state index is 13.7. The second-order valence-corrected chi connectivity index (χ2v) is 6.41. The van der Waals surface area contributed by atoms with Crippen LogP contribution in [0.1, 0.15) is 42.9 Å². The van der Waals surface area contributed by atoms with E-state index in [2.05, 4.69) is 0 Å². The monoisotopic (exact) mass is 320 g/mol. The first-order chi connectivity index (χ1) is 10.2. The van der Waals surface area contributed by atoms with Gasteiger partial charge in [0.15, 0.2) is 0 Å². The van der Waals surface area contributed by atoms with Gasteiger partial charge < -0.3 is 0 Å². The van der Waals surface area contributed by atoms with Gasteiger partial charge in [0, 0.05) is 5.92 Å². The van der Waals surface area contributed by atoms with Crippen LogP contribution in [-0.4, -0.2) is 12.3 Å². The largest absolute Gasteiger partial charge is 0.416 e. The van der Waals surface area contributed by atoms with Crippen molar-refractivity contribution >= 4 is 0 Å². The maximum absolute atomic E-state index is 13.7. The van der Waals surface area contributed by atoms with Crippen LogP contribution in [-0.2, 0) is 12.6 Å². The Labute approximate surface area is 127 Å². The molecule has 1 aliphatic carbocycles. The molecule has 2 unspecified atom stereocenters. The summed E-state index contributed by atoms with van der Waals surface area (Å²) in [4.78, 5) is 0. The van der Waals surface area contributed by atoms with Gasteiger partial charge in [-0.25, -0.2) is 8.78 Å². The van der Waals surface area contributed by atoms with Gasteiger partial charge in [-0.2, -0.15) is 13.2 Å². The van der Waals surface area contributed by atoms with Crippen molar-refractivity contribution < 1.29 is 22.0 Å². The number of halogens is 5. The average molecular weight is 320 g/mol. The van der Waals surface area contributed by atoms with Gasteiger partial charge in [-0.15, -0.1) is 0 Å². The number of hydrogen-bond donors (Lipinski definition) is 0. The van der Waals surface area contributed by atoms with Crippen molar-refractivity contribution in [2.24, 2.45) is 11.8 Å². The summed E-state index contributed by atoms with van der Waals surface area (Å²) in [5.41, 5.74) is 0.131. The van der Waals surface area contributed by atoms with E-state index in [4.69, 9.17) is 0 Å². The lowest BCUT2D eigenvalue weighted by atomic mass is 9.78. The van der Waals surface area contributed by atoms with Crippen molar-refractivity contribution in [3.8, 4) is 0 Å². The molecule has 124 valence electrons. The Bertz CT molecular complexity index is 496. The van der Waals surface area contributed by atoms with Gasteiger partial charge in [0.25, 0.3) is 0 Å². The zero-order valence-corrected chi connectivity index (χ0v) is 12.8. The van der Waals surface area contributed by atoms with Gasteiger partial charge in [0.1, 0.15) is 12.3 Å². The SMILES string of the molecule is Cc1ccc(CCC2CC(F)C(C)C(F)C2)cc1C(F)(F)F. The van der Waals surface area contributed by atoms with Gasteiger partial charge in [0.05, 0.1) is 5.56 Å². The standard InChI is InChI=1S/C17H21F5/c1-10-3-4-12(7-14(10)17(20,21)22)5-6-13-8-15(18)11(2)16(19)9-13/h3-4,7,11,13,15-16H,5-6,8-9H2,1-2H3. The van der Waals surface area contributed by atoms with Crippen LogP contribution < -0.4 is 0 Å². The van der Waals surface area contributed by atoms with Crippen LogP contribution in [0.25, 0.3) is 0 Å². The molecule has 2 atom stereocenters. The van der Waals surface area contributed by atoms with Crippen molar-refractivity contribution in [1.29, 1.82) is 0 Å². The van der Waals surface area contributed by atoms with Crippen molar-refractivity contribution in [2.75, 3.05) is 0 Å². The van der Waals surface area contributed by atoms with Crippen molar-refractivity contribution in [3.63, 3.8) is 0 Å². The summed E-state index contributed by atoms with van der Waals surface area (Å²) in [6.07, 6.45) is -5.13. The molecule has 0 radical (unpaired) electrons. The van der Waals surface area contributed by atoms with E-state index < -0.39 is 30.0 Å². The van der Waals surface area contributed by atoms with Crippen LogP contribution in [0.2, 0.25) is 0 Å². The van der Waals surface area contributed by atoms with E-state index in [0.29, 0.717) is 31.2 Å². The lowest BCUT2D eigenvalue weighted by Gasteiger charge is -2.32. The smallest absolute Gasteiger partial charge is 0.247 e. The minimum atomic E-state index is -4.37. The van der Waals surface area contributed by atoms with E-state index in [1.54, 1.807) is 13.0 Å². The average Bonchev–Trinajstić information content (AvgIpc) is 2.42. The maximum Gasteiger partial charge on any atom is 0.416 e. The Morgan fingerprint density at radius 1 is 1.09 bits per heavy atom. The minimum Gasteiger partial charge on any atom is -0.247 e. The molecule has 0 heterocycles. The molecular formula is C17H21F5. The summed E-state index contributed by atoms with van der Waals surface area (Å²) in [5.74, 6) is -0.677. The molecule has 2 rings (SSSR count). The highest BCUT2D eigenvalue weighted by molar-refractivity contribution is 5.33. The Morgan fingerprint density at radius 3 is 2.23 bits per heavy atom. The molecule has 0 N–H and O–H groups in total. The second-order valence-electron chi connectivity index (χ2n) is 6.41. The van der Waals surface area contributed by atoms with Crippen LogP contribution in [0.5, 0.6) is 0 Å². The van der Waals surface area contributed by atoms with Gasteiger partial charge in [-0.05, 0) is 55.7 Å². The Balaban J connectivity index is 2.00.